The van der Waals surface area contributed by atoms with Crippen LogP contribution in [0.25, 0.3) is 33.6 Å². The van der Waals surface area contributed by atoms with Crippen LogP contribution < -0.4 is 0 Å². The maximum absolute atomic E-state index is 4.56. The molecule has 4 aromatic rings. The fourth-order valence-corrected chi connectivity index (χ4v) is 3.77. The first kappa shape index (κ1) is 17.2. The van der Waals surface area contributed by atoms with Gasteiger partial charge in [0.2, 0.25) is 0 Å². The second-order valence-electron chi connectivity index (χ2n) is 7.00. The number of aromatic nitrogens is 2. The van der Waals surface area contributed by atoms with E-state index in [1.807, 2.05) is 36.7 Å². The summed E-state index contributed by atoms with van der Waals surface area (Å²) in [6.45, 7) is 6.51. The molecule has 27 heavy (non-hydrogen) atoms. The van der Waals surface area contributed by atoms with Gasteiger partial charge in [-0.05, 0) is 85.5 Å². The van der Waals surface area contributed by atoms with Crippen LogP contribution in [-0.2, 0) is 0 Å². The van der Waals surface area contributed by atoms with E-state index in [2.05, 4.69) is 73.2 Å². The molecule has 0 N–H and O–H groups in total. The number of rotatable bonds is 3. The quantitative estimate of drug-likeness (QED) is 0.427. The standard InChI is InChI=1S/C25H22N2/c1-17-12-18(2)25(19(3)13-17)22-15-20(23-8-4-6-10-26-23)14-21(16-22)24-9-5-7-11-27-24/h4-16H,1-3H3. The van der Waals surface area contributed by atoms with E-state index in [9.17, 15) is 0 Å². The number of nitrogens with zero attached hydrogens (tertiary/aromatic N) is 2. The third-order valence-corrected chi connectivity index (χ3v) is 4.82. The molecular formula is C25H22N2. The fraction of sp³-hybridized carbons (Fsp3) is 0.120. The Morgan fingerprint density at radius 1 is 0.556 bits per heavy atom. The monoisotopic (exact) mass is 350 g/mol. The third kappa shape index (κ3) is 3.52. The van der Waals surface area contributed by atoms with Crippen LogP contribution in [-0.4, -0.2) is 9.97 Å². The normalized spacial score (nSPS) is 10.8. The van der Waals surface area contributed by atoms with Gasteiger partial charge in [0, 0.05) is 23.5 Å². The molecule has 0 saturated heterocycles. The maximum atomic E-state index is 4.56. The predicted octanol–water partition coefficient (Wildman–Crippen LogP) is 6.40. The van der Waals surface area contributed by atoms with Gasteiger partial charge in [-0.3, -0.25) is 9.97 Å². The van der Waals surface area contributed by atoms with Crippen LogP contribution in [0.3, 0.4) is 0 Å². The number of benzene rings is 2. The van der Waals surface area contributed by atoms with Crippen LogP contribution in [0.15, 0.2) is 79.1 Å². The smallest absolute Gasteiger partial charge is 0.0702 e. The van der Waals surface area contributed by atoms with Crippen LogP contribution in [0.1, 0.15) is 16.7 Å². The number of pyridine rings is 2. The highest BCUT2D eigenvalue weighted by Gasteiger charge is 2.12. The highest BCUT2D eigenvalue weighted by Crippen LogP contribution is 2.35. The highest BCUT2D eigenvalue weighted by molar-refractivity contribution is 5.81. The topological polar surface area (TPSA) is 25.8 Å². The molecule has 0 aliphatic carbocycles. The number of hydrogen-bond donors (Lipinski definition) is 0. The van der Waals surface area contributed by atoms with E-state index in [1.54, 1.807) is 0 Å². The zero-order chi connectivity index (χ0) is 18.8. The second kappa shape index (κ2) is 7.16. The van der Waals surface area contributed by atoms with E-state index in [1.165, 1.54) is 27.8 Å². The molecule has 2 nitrogen and oxygen atoms in total. The van der Waals surface area contributed by atoms with Crippen LogP contribution in [0.2, 0.25) is 0 Å². The molecule has 0 amide bonds. The first-order chi connectivity index (χ1) is 13.1. The van der Waals surface area contributed by atoms with E-state index in [0.29, 0.717) is 0 Å². The van der Waals surface area contributed by atoms with Crippen molar-refractivity contribution in [3.8, 4) is 33.6 Å². The van der Waals surface area contributed by atoms with Crippen molar-refractivity contribution in [2.24, 2.45) is 0 Å². The van der Waals surface area contributed by atoms with Gasteiger partial charge in [-0.2, -0.15) is 0 Å². The maximum Gasteiger partial charge on any atom is 0.0702 e. The summed E-state index contributed by atoms with van der Waals surface area (Å²) in [6, 6.07) is 23.2. The molecule has 0 atom stereocenters. The summed E-state index contributed by atoms with van der Waals surface area (Å²) in [4.78, 5) is 9.11. The first-order valence-corrected chi connectivity index (χ1v) is 9.18. The van der Waals surface area contributed by atoms with Gasteiger partial charge >= 0.3 is 0 Å². The molecule has 0 fully saturated rings. The lowest BCUT2D eigenvalue weighted by molar-refractivity contribution is 1.30. The minimum atomic E-state index is 0.971. The van der Waals surface area contributed by atoms with Crippen molar-refractivity contribution < 1.29 is 0 Å². The molecule has 0 spiro atoms. The van der Waals surface area contributed by atoms with Gasteiger partial charge in [0.15, 0.2) is 0 Å². The van der Waals surface area contributed by atoms with Crippen molar-refractivity contribution in [1.82, 2.24) is 9.97 Å². The van der Waals surface area contributed by atoms with Crippen molar-refractivity contribution in [2.75, 3.05) is 0 Å². The Hall–Kier alpha value is -3.26. The summed E-state index contributed by atoms with van der Waals surface area (Å²) < 4.78 is 0. The molecule has 0 aliphatic rings. The van der Waals surface area contributed by atoms with Crippen molar-refractivity contribution >= 4 is 0 Å². The van der Waals surface area contributed by atoms with E-state index in [-0.39, 0.29) is 0 Å². The minimum absolute atomic E-state index is 0.971. The molecule has 4 rings (SSSR count). The van der Waals surface area contributed by atoms with E-state index in [4.69, 9.17) is 0 Å². The van der Waals surface area contributed by atoms with Crippen LogP contribution >= 0.6 is 0 Å². The zero-order valence-corrected chi connectivity index (χ0v) is 15.9. The molecule has 0 saturated carbocycles. The van der Waals surface area contributed by atoms with E-state index in [0.717, 1.165) is 22.5 Å². The SMILES string of the molecule is Cc1cc(C)c(-c2cc(-c3ccccn3)cc(-c3ccccn3)c2)c(C)c1. The summed E-state index contributed by atoms with van der Waals surface area (Å²) in [5.41, 5.74) is 10.5. The van der Waals surface area contributed by atoms with Gasteiger partial charge in [0.25, 0.3) is 0 Å². The molecule has 0 unspecified atom stereocenters. The molecule has 0 radical (unpaired) electrons. The zero-order valence-electron chi connectivity index (χ0n) is 15.9. The average molecular weight is 350 g/mol. The Bertz CT molecular complexity index is 1000. The van der Waals surface area contributed by atoms with Crippen molar-refractivity contribution in [1.29, 1.82) is 0 Å². The molecule has 2 aromatic heterocycles. The van der Waals surface area contributed by atoms with Gasteiger partial charge in [-0.1, -0.05) is 29.8 Å². The molecular weight excluding hydrogens is 328 g/mol. The summed E-state index contributed by atoms with van der Waals surface area (Å²) in [5, 5.41) is 0. The molecule has 2 aromatic carbocycles. The van der Waals surface area contributed by atoms with Gasteiger partial charge in [0.05, 0.1) is 11.4 Å². The first-order valence-electron chi connectivity index (χ1n) is 9.18. The lowest BCUT2D eigenvalue weighted by atomic mass is 9.90. The molecule has 2 heteroatoms. The number of aryl methyl sites for hydroxylation is 3. The van der Waals surface area contributed by atoms with Gasteiger partial charge in [0.1, 0.15) is 0 Å². The molecule has 132 valence electrons. The summed E-state index contributed by atoms with van der Waals surface area (Å²) in [7, 11) is 0. The summed E-state index contributed by atoms with van der Waals surface area (Å²) in [5.74, 6) is 0. The average Bonchev–Trinajstić information content (AvgIpc) is 2.68. The van der Waals surface area contributed by atoms with Crippen molar-refractivity contribution in [3.05, 3.63) is 95.8 Å². The fourth-order valence-electron chi connectivity index (χ4n) is 3.77. The lowest BCUT2D eigenvalue weighted by Crippen LogP contribution is -1.93. The van der Waals surface area contributed by atoms with E-state index < -0.39 is 0 Å². The largest absolute Gasteiger partial charge is 0.256 e. The van der Waals surface area contributed by atoms with Crippen LogP contribution in [0.5, 0.6) is 0 Å². The molecule has 0 bridgehead atoms. The second-order valence-corrected chi connectivity index (χ2v) is 7.00. The van der Waals surface area contributed by atoms with Gasteiger partial charge in [-0.15, -0.1) is 0 Å². The van der Waals surface area contributed by atoms with Crippen LogP contribution in [0, 0.1) is 20.8 Å². The Labute approximate surface area is 160 Å². The summed E-state index contributed by atoms with van der Waals surface area (Å²) >= 11 is 0. The van der Waals surface area contributed by atoms with Gasteiger partial charge in [-0.25, -0.2) is 0 Å². The Morgan fingerprint density at radius 3 is 1.48 bits per heavy atom. The Balaban J connectivity index is 1.97. The Kier molecular flexibility index (Phi) is 4.55. The number of hydrogen-bond acceptors (Lipinski definition) is 2. The Morgan fingerprint density at radius 2 is 1.04 bits per heavy atom. The van der Waals surface area contributed by atoms with Gasteiger partial charge < -0.3 is 0 Å². The third-order valence-electron chi connectivity index (χ3n) is 4.82. The van der Waals surface area contributed by atoms with Crippen molar-refractivity contribution in [2.45, 2.75) is 20.8 Å². The van der Waals surface area contributed by atoms with Crippen molar-refractivity contribution in [3.63, 3.8) is 0 Å². The minimum Gasteiger partial charge on any atom is -0.256 e. The lowest BCUT2D eigenvalue weighted by Gasteiger charge is -2.15. The predicted molar refractivity (Wildman–Crippen MR) is 113 cm³/mol. The van der Waals surface area contributed by atoms with E-state index >= 15 is 0 Å². The molecule has 0 aliphatic heterocycles. The highest BCUT2D eigenvalue weighted by atomic mass is 14.7. The molecule has 2 heterocycles. The van der Waals surface area contributed by atoms with Crippen LogP contribution in [0.4, 0.5) is 0 Å². The summed E-state index contributed by atoms with van der Waals surface area (Å²) in [6.07, 6.45) is 3.68.